The number of benzene rings is 1. The van der Waals surface area contributed by atoms with E-state index in [1.807, 2.05) is 4.90 Å². The van der Waals surface area contributed by atoms with Crippen molar-refractivity contribution in [2.45, 2.75) is 13.3 Å². The van der Waals surface area contributed by atoms with E-state index in [1.165, 1.54) is 0 Å². The van der Waals surface area contributed by atoms with E-state index in [2.05, 4.69) is 22.9 Å². The number of halogens is 1. The normalized spacial score (nSPS) is 24.2. The van der Waals surface area contributed by atoms with Crippen LogP contribution < -0.4 is 15.2 Å². The zero-order valence-electron chi connectivity index (χ0n) is 12.0. The molecule has 2 aliphatic heterocycles. The summed E-state index contributed by atoms with van der Waals surface area (Å²) in [6.45, 7) is 5.21. The molecule has 2 aliphatic rings. The molecule has 6 heteroatoms. The number of rotatable bonds is 2. The number of carbonyl (C=O) groups is 1. The molecule has 0 aliphatic carbocycles. The fourth-order valence-electron chi connectivity index (χ4n) is 2.78. The molecule has 1 unspecified atom stereocenters. The molecule has 0 aromatic heterocycles. The second-order valence-corrected chi connectivity index (χ2v) is 6.83. The molecule has 1 amide bonds. The number of hydrogen-bond acceptors (Lipinski definition) is 4. The molecular weight excluding hydrogens is 336 g/mol. The molecule has 114 valence electrons. The molecule has 21 heavy (non-hydrogen) atoms. The van der Waals surface area contributed by atoms with Crippen molar-refractivity contribution >= 4 is 21.8 Å². The van der Waals surface area contributed by atoms with E-state index in [0.717, 1.165) is 17.4 Å². The lowest BCUT2D eigenvalue weighted by molar-refractivity contribution is 0.0775. The van der Waals surface area contributed by atoms with Crippen LogP contribution in [0.25, 0.3) is 0 Å². The van der Waals surface area contributed by atoms with Gasteiger partial charge in [-0.25, -0.2) is 0 Å². The Morgan fingerprint density at radius 2 is 2.19 bits per heavy atom. The Balaban J connectivity index is 1.84. The SMILES string of the molecule is CC1(CN)CCN(C(=O)c2cc(Br)c3c(c2)OCCO3)C1. The molecule has 0 spiro atoms. The maximum absolute atomic E-state index is 12.7. The molecule has 5 nitrogen and oxygen atoms in total. The smallest absolute Gasteiger partial charge is 0.254 e. The Kier molecular flexibility index (Phi) is 3.84. The van der Waals surface area contributed by atoms with E-state index in [9.17, 15) is 4.79 Å². The molecule has 0 bridgehead atoms. The third-order valence-corrected chi connectivity index (χ3v) is 4.77. The van der Waals surface area contributed by atoms with Gasteiger partial charge in [0, 0.05) is 18.7 Å². The molecular formula is C15H19BrN2O3. The third-order valence-electron chi connectivity index (χ3n) is 4.18. The second kappa shape index (κ2) is 5.50. The third kappa shape index (κ3) is 2.74. The van der Waals surface area contributed by atoms with Gasteiger partial charge in [0.25, 0.3) is 5.91 Å². The van der Waals surface area contributed by atoms with Gasteiger partial charge in [-0.05, 0) is 46.4 Å². The van der Waals surface area contributed by atoms with Crippen LogP contribution in [0.15, 0.2) is 16.6 Å². The van der Waals surface area contributed by atoms with Crippen molar-refractivity contribution in [2.24, 2.45) is 11.1 Å². The number of likely N-dealkylation sites (tertiary alicyclic amines) is 1. The van der Waals surface area contributed by atoms with E-state index in [-0.39, 0.29) is 11.3 Å². The maximum Gasteiger partial charge on any atom is 0.254 e. The van der Waals surface area contributed by atoms with Crippen molar-refractivity contribution in [3.8, 4) is 11.5 Å². The lowest BCUT2D eigenvalue weighted by atomic mass is 9.90. The summed E-state index contributed by atoms with van der Waals surface area (Å²) in [5.74, 6) is 1.32. The Hall–Kier alpha value is -1.27. The minimum atomic E-state index is 0.0184. The first-order chi connectivity index (χ1) is 10.0. The highest BCUT2D eigenvalue weighted by Crippen LogP contribution is 2.39. The molecule has 2 N–H and O–H groups in total. The summed E-state index contributed by atoms with van der Waals surface area (Å²) in [7, 11) is 0. The van der Waals surface area contributed by atoms with E-state index in [1.54, 1.807) is 12.1 Å². The summed E-state index contributed by atoms with van der Waals surface area (Å²) in [6.07, 6.45) is 0.945. The summed E-state index contributed by atoms with van der Waals surface area (Å²) in [5, 5.41) is 0. The molecule has 1 aromatic carbocycles. The van der Waals surface area contributed by atoms with Crippen molar-refractivity contribution in [2.75, 3.05) is 32.8 Å². The van der Waals surface area contributed by atoms with Crippen molar-refractivity contribution in [1.29, 1.82) is 0 Å². The van der Waals surface area contributed by atoms with Gasteiger partial charge in [0.1, 0.15) is 13.2 Å². The highest BCUT2D eigenvalue weighted by molar-refractivity contribution is 9.10. The van der Waals surface area contributed by atoms with Crippen LogP contribution in [-0.2, 0) is 0 Å². The van der Waals surface area contributed by atoms with E-state index < -0.39 is 0 Å². The second-order valence-electron chi connectivity index (χ2n) is 5.97. The van der Waals surface area contributed by atoms with Crippen LogP contribution in [0.2, 0.25) is 0 Å². The molecule has 1 aromatic rings. The Bertz CT molecular complexity index is 578. The van der Waals surface area contributed by atoms with Crippen molar-refractivity contribution in [3.05, 3.63) is 22.2 Å². The molecule has 0 saturated carbocycles. The van der Waals surface area contributed by atoms with Gasteiger partial charge in [0.15, 0.2) is 11.5 Å². The summed E-state index contributed by atoms with van der Waals surface area (Å²) in [4.78, 5) is 14.5. The number of nitrogens with zero attached hydrogens (tertiary/aromatic N) is 1. The average Bonchev–Trinajstić information content (AvgIpc) is 2.90. The fourth-order valence-corrected chi connectivity index (χ4v) is 3.34. The lowest BCUT2D eigenvalue weighted by Gasteiger charge is -2.24. The molecule has 2 heterocycles. The largest absolute Gasteiger partial charge is 0.486 e. The van der Waals surface area contributed by atoms with Crippen molar-refractivity contribution in [1.82, 2.24) is 4.90 Å². The number of amides is 1. The van der Waals surface area contributed by atoms with Crippen LogP contribution in [0.5, 0.6) is 11.5 Å². The van der Waals surface area contributed by atoms with Crippen LogP contribution >= 0.6 is 15.9 Å². The standard InChI is InChI=1S/C15H19BrN2O3/c1-15(8-17)2-3-18(9-15)14(19)10-6-11(16)13-12(7-10)20-4-5-21-13/h6-7H,2-5,8-9,17H2,1H3. The fraction of sp³-hybridized carbons (Fsp3) is 0.533. The number of hydrogen-bond donors (Lipinski definition) is 1. The van der Waals surface area contributed by atoms with Gasteiger partial charge in [-0.15, -0.1) is 0 Å². The van der Waals surface area contributed by atoms with Gasteiger partial charge < -0.3 is 20.1 Å². The average molecular weight is 355 g/mol. The first kappa shape index (κ1) is 14.7. The van der Waals surface area contributed by atoms with Crippen molar-refractivity contribution < 1.29 is 14.3 Å². The number of fused-ring (bicyclic) bond motifs is 1. The van der Waals surface area contributed by atoms with Crippen LogP contribution in [-0.4, -0.2) is 43.7 Å². The predicted octanol–water partition coefficient (Wildman–Crippen LogP) is 2.03. The molecule has 1 saturated heterocycles. The zero-order chi connectivity index (χ0) is 15.0. The zero-order valence-corrected chi connectivity index (χ0v) is 13.6. The predicted molar refractivity (Wildman–Crippen MR) is 82.8 cm³/mol. The summed E-state index contributed by atoms with van der Waals surface area (Å²) >= 11 is 3.45. The van der Waals surface area contributed by atoms with Crippen LogP contribution in [0.1, 0.15) is 23.7 Å². The van der Waals surface area contributed by atoms with Crippen LogP contribution in [0.4, 0.5) is 0 Å². The maximum atomic E-state index is 12.7. The van der Waals surface area contributed by atoms with Crippen LogP contribution in [0.3, 0.4) is 0 Å². The summed E-state index contributed by atoms with van der Waals surface area (Å²) in [5.41, 5.74) is 6.45. The molecule has 1 fully saturated rings. The van der Waals surface area contributed by atoms with Gasteiger partial charge in [0.2, 0.25) is 0 Å². The summed E-state index contributed by atoms with van der Waals surface area (Å²) < 4.78 is 11.9. The molecule has 0 radical (unpaired) electrons. The van der Waals surface area contributed by atoms with Gasteiger partial charge in [-0.3, -0.25) is 4.79 Å². The minimum Gasteiger partial charge on any atom is -0.486 e. The first-order valence-corrected chi connectivity index (χ1v) is 7.90. The Morgan fingerprint density at radius 1 is 1.43 bits per heavy atom. The number of ether oxygens (including phenoxy) is 2. The highest BCUT2D eigenvalue weighted by atomic mass is 79.9. The van der Waals surface area contributed by atoms with Crippen LogP contribution in [0, 0.1) is 5.41 Å². The minimum absolute atomic E-state index is 0.0184. The van der Waals surface area contributed by atoms with Gasteiger partial charge in [-0.1, -0.05) is 6.92 Å². The van der Waals surface area contributed by atoms with E-state index in [0.29, 0.717) is 43.4 Å². The van der Waals surface area contributed by atoms with Gasteiger partial charge in [-0.2, -0.15) is 0 Å². The Labute approximate surface area is 132 Å². The monoisotopic (exact) mass is 354 g/mol. The van der Waals surface area contributed by atoms with Gasteiger partial charge in [0.05, 0.1) is 4.47 Å². The first-order valence-electron chi connectivity index (χ1n) is 7.11. The molecule has 3 rings (SSSR count). The number of nitrogens with two attached hydrogens (primary N) is 1. The topological polar surface area (TPSA) is 64.8 Å². The number of carbonyl (C=O) groups excluding carboxylic acids is 1. The molecule has 1 atom stereocenters. The van der Waals surface area contributed by atoms with Gasteiger partial charge >= 0.3 is 0 Å². The van der Waals surface area contributed by atoms with E-state index in [4.69, 9.17) is 15.2 Å². The van der Waals surface area contributed by atoms with Crippen molar-refractivity contribution in [3.63, 3.8) is 0 Å². The highest BCUT2D eigenvalue weighted by Gasteiger charge is 2.35. The van der Waals surface area contributed by atoms with E-state index >= 15 is 0 Å². The Morgan fingerprint density at radius 3 is 2.90 bits per heavy atom. The lowest BCUT2D eigenvalue weighted by Crippen LogP contribution is -2.34. The quantitative estimate of drug-likeness (QED) is 0.882. The summed E-state index contributed by atoms with van der Waals surface area (Å²) in [6, 6.07) is 3.56.